The summed E-state index contributed by atoms with van der Waals surface area (Å²) in [4.78, 5) is 11.8. The van der Waals surface area contributed by atoms with Gasteiger partial charge in [0.25, 0.3) is 0 Å². The smallest absolute Gasteiger partial charge is 0.220 e. The van der Waals surface area contributed by atoms with Crippen LogP contribution in [-0.2, 0) is 11.2 Å². The fourth-order valence-corrected chi connectivity index (χ4v) is 1.86. The van der Waals surface area contributed by atoms with E-state index in [2.05, 4.69) is 5.32 Å². The number of carbonyl (C=O) groups is 1. The molecule has 2 rings (SSSR count). The Hall–Kier alpha value is -2.23. The van der Waals surface area contributed by atoms with Crippen LogP contribution >= 0.6 is 0 Å². The Labute approximate surface area is 112 Å². The van der Waals surface area contributed by atoms with Crippen molar-refractivity contribution in [1.29, 1.82) is 0 Å². The molecule has 1 heterocycles. The largest absolute Gasteiger partial charge is 0.467 e. The molecule has 4 nitrogen and oxygen atoms in total. The summed E-state index contributed by atoms with van der Waals surface area (Å²) >= 11 is 0. The summed E-state index contributed by atoms with van der Waals surface area (Å²) in [5.74, 6) is 0.779. The number of amides is 1. The number of aryl methyl sites for hydroxylation is 1. The van der Waals surface area contributed by atoms with Crippen molar-refractivity contribution >= 4 is 11.6 Å². The lowest BCUT2D eigenvalue weighted by Crippen LogP contribution is -2.26. The molecular formula is C15H18N2O2. The molecule has 4 heteroatoms. The van der Waals surface area contributed by atoms with E-state index in [1.54, 1.807) is 6.26 Å². The van der Waals surface area contributed by atoms with Crippen LogP contribution in [0.2, 0.25) is 0 Å². The highest BCUT2D eigenvalue weighted by molar-refractivity contribution is 5.76. The molecule has 0 aliphatic rings. The lowest BCUT2D eigenvalue weighted by Gasteiger charge is -2.11. The van der Waals surface area contributed by atoms with Gasteiger partial charge >= 0.3 is 0 Å². The van der Waals surface area contributed by atoms with Gasteiger partial charge in [-0.2, -0.15) is 0 Å². The van der Waals surface area contributed by atoms with E-state index in [-0.39, 0.29) is 11.9 Å². The summed E-state index contributed by atoms with van der Waals surface area (Å²) in [6, 6.07) is 11.1. The van der Waals surface area contributed by atoms with Crippen LogP contribution in [0.1, 0.15) is 30.7 Å². The van der Waals surface area contributed by atoms with Crippen LogP contribution in [0.4, 0.5) is 5.69 Å². The Kier molecular flexibility index (Phi) is 4.23. The first-order valence-corrected chi connectivity index (χ1v) is 6.32. The molecule has 1 amide bonds. The van der Waals surface area contributed by atoms with E-state index in [9.17, 15) is 4.79 Å². The second-order valence-electron chi connectivity index (χ2n) is 4.55. The number of furan rings is 1. The predicted octanol–water partition coefficient (Wildman–Crippen LogP) is 2.67. The summed E-state index contributed by atoms with van der Waals surface area (Å²) in [7, 11) is 0. The van der Waals surface area contributed by atoms with Gasteiger partial charge in [0, 0.05) is 12.1 Å². The van der Waals surface area contributed by atoms with Gasteiger partial charge in [-0.25, -0.2) is 0 Å². The fourth-order valence-electron chi connectivity index (χ4n) is 1.86. The Morgan fingerprint density at radius 2 is 2.05 bits per heavy atom. The summed E-state index contributed by atoms with van der Waals surface area (Å²) < 4.78 is 5.24. The topological polar surface area (TPSA) is 68.3 Å². The summed E-state index contributed by atoms with van der Waals surface area (Å²) in [5, 5.41) is 2.91. The Morgan fingerprint density at radius 3 is 2.68 bits per heavy atom. The first-order chi connectivity index (χ1) is 9.15. The molecule has 0 saturated carbocycles. The second-order valence-corrected chi connectivity index (χ2v) is 4.55. The van der Waals surface area contributed by atoms with Crippen LogP contribution in [0.3, 0.4) is 0 Å². The first kappa shape index (κ1) is 13.2. The number of nitrogens with two attached hydrogens (primary N) is 1. The summed E-state index contributed by atoms with van der Waals surface area (Å²) in [5.41, 5.74) is 7.46. The van der Waals surface area contributed by atoms with Crippen molar-refractivity contribution in [3.8, 4) is 0 Å². The van der Waals surface area contributed by atoms with Crippen molar-refractivity contribution in [2.45, 2.75) is 25.8 Å². The number of carbonyl (C=O) groups excluding carboxylic acids is 1. The molecule has 1 aromatic heterocycles. The van der Waals surface area contributed by atoms with Crippen LogP contribution in [0.15, 0.2) is 47.1 Å². The fraction of sp³-hybridized carbons (Fsp3) is 0.267. The van der Waals surface area contributed by atoms with Gasteiger partial charge in [0.15, 0.2) is 0 Å². The molecule has 0 fully saturated rings. The SMILES string of the molecule is C[C@H](NC(=O)CCc1ccc(N)cc1)c1ccco1. The van der Waals surface area contributed by atoms with Gasteiger partial charge in [-0.15, -0.1) is 0 Å². The number of nitrogen functional groups attached to an aromatic ring is 1. The van der Waals surface area contributed by atoms with Crippen LogP contribution in [0.25, 0.3) is 0 Å². The molecule has 19 heavy (non-hydrogen) atoms. The molecule has 100 valence electrons. The lowest BCUT2D eigenvalue weighted by molar-refractivity contribution is -0.121. The molecule has 3 N–H and O–H groups in total. The first-order valence-electron chi connectivity index (χ1n) is 6.32. The van der Waals surface area contributed by atoms with E-state index in [1.807, 2.05) is 43.3 Å². The Morgan fingerprint density at radius 1 is 1.32 bits per heavy atom. The van der Waals surface area contributed by atoms with Crippen LogP contribution < -0.4 is 11.1 Å². The molecule has 0 aliphatic carbocycles. The van der Waals surface area contributed by atoms with Crippen molar-refractivity contribution in [3.05, 3.63) is 54.0 Å². The number of anilines is 1. The third-order valence-corrected chi connectivity index (χ3v) is 2.97. The van der Waals surface area contributed by atoms with Crippen molar-refractivity contribution in [2.75, 3.05) is 5.73 Å². The van der Waals surface area contributed by atoms with Crippen LogP contribution in [-0.4, -0.2) is 5.91 Å². The van der Waals surface area contributed by atoms with Crippen LogP contribution in [0.5, 0.6) is 0 Å². The summed E-state index contributed by atoms with van der Waals surface area (Å²) in [6.45, 7) is 1.90. The third kappa shape index (κ3) is 3.88. The highest BCUT2D eigenvalue weighted by Gasteiger charge is 2.11. The number of nitrogens with one attached hydrogen (secondary N) is 1. The Bertz CT molecular complexity index is 518. The van der Waals surface area contributed by atoms with Gasteiger partial charge in [0.1, 0.15) is 5.76 Å². The lowest BCUT2D eigenvalue weighted by atomic mass is 10.1. The number of benzene rings is 1. The van der Waals surface area contributed by atoms with Crippen LogP contribution in [0, 0.1) is 0 Å². The molecule has 1 aromatic carbocycles. The quantitative estimate of drug-likeness (QED) is 0.810. The minimum atomic E-state index is -0.103. The standard InChI is InChI=1S/C15H18N2O2/c1-11(14-3-2-10-19-14)17-15(18)9-6-12-4-7-13(16)8-5-12/h2-5,7-8,10-11H,6,9,16H2,1H3,(H,17,18)/t11-/m0/s1. The maximum atomic E-state index is 11.8. The average molecular weight is 258 g/mol. The highest BCUT2D eigenvalue weighted by atomic mass is 16.3. The van der Waals surface area contributed by atoms with E-state index in [0.29, 0.717) is 12.8 Å². The van der Waals surface area contributed by atoms with Crippen molar-refractivity contribution in [1.82, 2.24) is 5.32 Å². The average Bonchev–Trinajstić information content (AvgIpc) is 2.92. The molecule has 0 saturated heterocycles. The number of hydrogen-bond donors (Lipinski definition) is 2. The van der Waals surface area contributed by atoms with Gasteiger partial charge in [-0.05, 0) is 43.2 Å². The van der Waals surface area contributed by atoms with E-state index in [0.717, 1.165) is 17.0 Å². The zero-order valence-corrected chi connectivity index (χ0v) is 10.9. The van der Waals surface area contributed by atoms with Crippen molar-refractivity contribution < 1.29 is 9.21 Å². The molecule has 0 unspecified atom stereocenters. The molecule has 2 aromatic rings. The Balaban J connectivity index is 1.80. The maximum absolute atomic E-state index is 11.8. The molecule has 0 bridgehead atoms. The number of rotatable bonds is 5. The molecule has 0 radical (unpaired) electrons. The van der Waals surface area contributed by atoms with E-state index in [4.69, 9.17) is 10.2 Å². The van der Waals surface area contributed by atoms with Gasteiger partial charge < -0.3 is 15.5 Å². The molecule has 1 atom stereocenters. The van der Waals surface area contributed by atoms with Gasteiger partial charge in [0.2, 0.25) is 5.91 Å². The number of hydrogen-bond acceptors (Lipinski definition) is 3. The van der Waals surface area contributed by atoms with E-state index < -0.39 is 0 Å². The molecule has 0 spiro atoms. The van der Waals surface area contributed by atoms with Gasteiger partial charge in [0.05, 0.1) is 12.3 Å². The predicted molar refractivity (Wildman–Crippen MR) is 74.4 cm³/mol. The highest BCUT2D eigenvalue weighted by Crippen LogP contribution is 2.13. The van der Waals surface area contributed by atoms with Gasteiger partial charge in [-0.3, -0.25) is 4.79 Å². The maximum Gasteiger partial charge on any atom is 0.220 e. The normalized spacial score (nSPS) is 12.1. The van der Waals surface area contributed by atoms with E-state index in [1.165, 1.54) is 0 Å². The van der Waals surface area contributed by atoms with Crippen molar-refractivity contribution in [2.24, 2.45) is 0 Å². The van der Waals surface area contributed by atoms with Gasteiger partial charge in [-0.1, -0.05) is 12.1 Å². The molecule has 0 aliphatic heterocycles. The zero-order chi connectivity index (χ0) is 13.7. The second kappa shape index (κ2) is 6.09. The monoisotopic (exact) mass is 258 g/mol. The van der Waals surface area contributed by atoms with E-state index >= 15 is 0 Å². The summed E-state index contributed by atoms with van der Waals surface area (Å²) in [6.07, 6.45) is 2.76. The zero-order valence-electron chi connectivity index (χ0n) is 10.9. The third-order valence-electron chi connectivity index (χ3n) is 2.97. The minimum absolute atomic E-state index is 0.0146. The minimum Gasteiger partial charge on any atom is -0.467 e. The molecular weight excluding hydrogens is 240 g/mol. The van der Waals surface area contributed by atoms with Crippen molar-refractivity contribution in [3.63, 3.8) is 0 Å².